The van der Waals surface area contributed by atoms with Gasteiger partial charge in [0, 0.05) is 11.8 Å². The summed E-state index contributed by atoms with van der Waals surface area (Å²) < 4.78 is 5.25. The number of para-hydroxylation sites is 1. The van der Waals surface area contributed by atoms with Crippen molar-refractivity contribution in [3.8, 4) is 5.75 Å². The van der Waals surface area contributed by atoms with E-state index in [1.807, 2.05) is 12.1 Å². The molecule has 1 saturated heterocycles. The highest BCUT2D eigenvalue weighted by Gasteiger charge is 2.39. The lowest BCUT2D eigenvalue weighted by molar-refractivity contribution is -0.131. The molecule has 2 aromatic rings. The fourth-order valence-electron chi connectivity index (χ4n) is 2.82. The number of nitrogens with zero attached hydrogens (tertiary/aromatic N) is 2. The molecule has 2 N–H and O–H groups in total. The van der Waals surface area contributed by atoms with Gasteiger partial charge in [-0.2, -0.15) is 0 Å². The topological polar surface area (TPSA) is 101 Å². The molecule has 140 valence electrons. The standard InChI is InChI=1S/C19H20N4O4/c1-27-16-8-3-2-6-13(16)12-23-18(25)15(22-19(23)26)10-17(24)21-11-14-7-4-5-9-20-14/h2-9,15H,10-12H2,1H3,(H,21,24)(H,22,26)/t15-/m0/s1. The fourth-order valence-corrected chi connectivity index (χ4v) is 2.82. The first-order valence-corrected chi connectivity index (χ1v) is 8.49. The van der Waals surface area contributed by atoms with E-state index in [0.29, 0.717) is 17.0 Å². The van der Waals surface area contributed by atoms with Gasteiger partial charge in [0.25, 0.3) is 5.91 Å². The Morgan fingerprint density at radius 3 is 2.74 bits per heavy atom. The molecule has 0 saturated carbocycles. The number of rotatable bonds is 7. The molecule has 27 heavy (non-hydrogen) atoms. The van der Waals surface area contributed by atoms with E-state index >= 15 is 0 Å². The zero-order valence-electron chi connectivity index (χ0n) is 14.8. The van der Waals surface area contributed by atoms with Gasteiger partial charge in [0.05, 0.1) is 32.3 Å². The maximum absolute atomic E-state index is 12.5. The Morgan fingerprint density at radius 2 is 2.00 bits per heavy atom. The molecule has 1 atom stereocenters. The van der Waals surface area contributed by atoms with Gasteiger partial charge in [-0.15, -0.1) is 0 Å². The SMILES string of the molecule is COc1ccccc1CN1C(=O)N[C@@H](CC(=O)NCc2ccccn2)C1=O. The van der Waals surface area contributed by atoms with E-state index in [1.165, 1.54) is 7.11 Å². The van der Waals surface area contributed by atoms with E-state index in [4.69, 9.17) is 4.74 Å². The van der Waals surface area contributed by atoms with E-state index in [9.17, 15) is 14.4 Å². The highest BCUT2D eigenvalue weighted by atomic mass is 16.5. The van der Waals surface area contributed by atoms with Crippen molar-refractivity contribution < 1.29 is 19.1 Å². The number of benzene rings is 1. The number of pyridine rings is 1. The largest absolute Gasteiger partial charge is 0.496 e. The smallest absolute Gasteiger partial charge is 0.325 e. The lowest BCUT2D eigenvalue weighted by Gasteiger charge is -2.15. The molecule has 1 fully saturated rings. The third-order valence-corrected chi connectivity index (χ3v) is 4.21. The molecule has 2 heterocycles. The molecule has 0 bridgehead atoms. The van der Waals surface area contributed by atoms with E-state index in [0.717, 1.165) is 4.90 Å². The van der Waals surface area contributed by atoms with Crippen LogP contribution in [0.3, 0.4) is 0 Å². The molecule has 4 amide bonds. The van der Waals surface area contributed by atoms with Gasteiger partial charge in [0.1, 0.15) is 11.8 Å². The lowest BCUT2D eigenvalue weighted by atomic mass is 10.1. The van der Waals surface area contributed by atoms with Crippen LogP contribution in [0.15, 0.2) is 48.7 Å². The Hall–Kier alpha value is -3.42. The summed E-state index contributed by atoms with van der Waals surface area (Å²) in [6, 6.07) is 11.2. The number of carbonyl (C=O) groups is 3. The van der Waals surface area contributed by atoms with Gasteiger partial charge in [-0.3, -0.25) is 19.5 Å². The number of carbonyl (C=O) groups excluding carboxylic acids is 3. The van der Waals surface area contributed by atoms with Gasteiger partial charge >= 0.3 is 6.03 Å². The van der Waals surface area contributed by atoms with E-state index in [1.54, 1.807) is 36.5 Å². The van der Waals surface area contributed by atoms with Crippen LogP contribution >= 0.6 is 0 Å². The molecular formula is C19H20N4O4. The number of hydrogen-bond acceptors (Lipinski definition) is 5. The van der Waals surface area contributed by atoms with Crippen molar-refractivity contribution in [1.29, 1.82) is 0 Å². The zero-order chi connectivity index (χ0) is 19.2. The van der Waals surface area contributed by atoms with Gasteiger partial charge < -0.3 is 15.4 Å². The summed E-state index contributed by atoms with van der Waals surface area (Å²) in [6.07, 6.45) is 1.51. The Labute approximate surface area is 156 Å². The molecule has 8 heteroatoms. The molecule has 1 aromatic carbocycles. The zero-order valence-corrected chi connectivity index (χ0v) is 14.8. The Bertz CT molecular complexity index is 841. The Balaban J connectivity index is 1.58. The summed E-state index contributed by atoms with van der Waals surface area (Å²) in [5, 5.41) is 5.26. The number of aromatic nitrogens is 1. The second-order valence-corrected chi connectivity index (χ2v) is 6.04. The number of amides is 4. The highest BCUT2D eigenvalue weighted by Crippen LogP contribution is 2.21. The second-order valence-electron chi connectivity index (χ2n) is 6.04. The van der Waals surface area contributed by atoms with Gasteiger partial charge in [-0.25, -0.2) is 4.79 Å². The number of hydrogen-bond donors (Lipinski definition) is 2. The Morgan fingerprint density at radius 1 is 1.22 bits per heavy atom. The summed E-state index contributed by atoms with van der Waals surface area (Å²) in [5.41, 5.74) is 1.43. The first kappa shape index (κ1) is 18.4. The van der Waals surface area contributed by atoms with Crippen LogP contribution in [-0.2, 0) is 22.7 Å². The first-order valence-electron chi connectivity index (χ1n) is 8.49. The van der Waals surface area contributed by atoms with Crippen molar-refractivity contribution in [3.05, 3.63) is 59.9 Å². The first-order chi connectivity index (χ1) is 13.1. The second kappa shape index (κ2) is 8.31. The lowest BCUT2D eigenvalue weighted by Crippen LogP contribution is -2.36. The van der Waals surface area contributed by atoms with Crippen LogP contribution in [-0.4, -0.2) is 40.9 Å². The van der Waals surface area contributed by atoms with Crippen LogP contribution in [0.2, 0.25) is 0 Å². The van der Waals surface area contributed by atoms with Gasteiger partial charge in [0.15, 0.2) is 0 Å². The van der Waals surface area contributed by atoms with Crippen molar-refractivity contribution in [2.45, 2.75) is 25.6 Å². The summed E-state index contributed by atoms with van der Waals surface area (Å²) in [7, 11) is 1.53. The van der Waals surface area contributed by atoms with Crippen molar-refractivity contribution in [1.82, 2.24) is 20.5 Å². The van der Waals surface area contributed by atoms with Crippen molar-refractivity contribution in [3.63, 3.8) is 0 Å². The van der Waals surface area contributed by atoms with E-state index < -0.39 is 18.0 Å². The number of urea groups is 1. The van der Waals surface area contributed by atoms with Gasteiger partial charge in [-0.1, -0.05) is 24.3 Å². The van der Waals surface area contributed by atoms with Crippen LogP contribution in [0.25, 0.3) is 0 Å². The normalized spacial score (nSPS) is 16.2. The molecule has 0 aliphatic carbocycles. The molecule has 1 aliphatic heterocycles. The van der Waals surface area contributed by atoms with Crippen molar-refractivity contribution in [2.75, 3.05) is 7.11 Å². The highest BCUT2D eigenvalue weighted by molar-refractivity contribution is 6.05. The van der Waals surface area contributed by atoms with Crippen LogP contribution in [0.5, 0.6) is 5.75 Å². The molecule has 3 rings (SSSR count). The maximum atomic E-state index is 12.5. The van der Waals surface area contributed by atoms with Crippen LogP contribution in [0.4, 0.5) is 4.79 Å². The Kier molecular flexibility index (Phi) is 5.65. The minimum absolute atomic E-state index is 0.0841. The van der Waals surface area contributed by atoms with Crippen LogP contribution in [0.1, 0.15) is 17.7 Å². The summed E-state index contributed by atoms with van der Waals surface area (Å²) in [6.45, 7) is 0.347. The predicted octanol–water partition coefficient (Wildman–Crippen LogP) is 1.22. The quantitative estimate of drug-likeness (QED) is 0.716. The van der Waals surface area contributed by atoms with Crippen LogP contribution in [0, 0.1) is 0 Å². The average Bonchev–Trinajstić information content (AvgIpc) is 2.95. The summed E-state index contributed by atoms with van der Waals surface area (Å²) in [5.74, 6) is -0.174. The maximum Gasteiger partial charge on any atom is 0.325 e. The average molecular weight is 368 g/mol. The molecule has 1 aliphatic rings. The monoisotopic (exact) mass is 368 g/mol. The molecular weight excluding hydrogens is 348 g/mol. The van der Waals surface area contributed by atoms with Crippen molar-refractivity contribution in [2.24, 2.45) is 0 Å². The van der Waals surface area contributed by atoms with Gasteiger partial charge in [0.2, 0.25) is 5.91 Å². The number of methoxy groups -OCH3 is 1. The molecule has 0 spiro atoms. The summed E-state index contributed by atoms with van der Waals surface area (Å²) in [4.78, 5) is 42.0. The molecule has 1 aromatic heterocycles. The molecule has 0 unspecified atom stereocenters. The van der Waals surface area contributed by atoms with E-state index in [2.05, 4.69) is 15.6 Å². The third-order valence-electron chi connectivity index (χ3n) is 4.21. The molecule has 0 radical (unpaired) electrons. The predicted molar refractivity (Wildman–Crippen MR) is 96.6 cm³/mol. The fraction of sp³-hybridized carbons (Fsp3) is 0.263. The minimum atomic E-state index is -0.879. The number of nitrogens with one attached hydrogen (secondary N) is 2. The summed E-state index contributed by atoms with van der Waals surface area (Å²) >= 11 is 0. The van der Waals surface area contributed by atoms with E-state index in [-0.39, 0.29) is 25.4 Å². The third kappa shape index (κ3) is 4.41. The van der Waals surface area contributed by atoms with Crippen molar-refractivity contribution >= 4 is 17.8 Å². The molecule has 8 nitrogen and oxygen atoms in total. The van der Waals surface area contributed by atoms with Gasteiger partial charge in [-0.05, 0) is 18.2 Å². The van der Waals surface area contributed by atoms with Crippen LogP contribution < -0.4 is 15.4 Å². The minimum Gasteiger partial charge on any atom is -0.496 e. The number of imide groups is 1. The number of ether oxygens (including phenoxy) is 1.